The number of benzene rings is 1. The number of urea groups is 1. The Balaban J connectivity index is 2.06. The quantitative estimate of drug-likeness (QED) is 0.823. The summed E-state index contributed by atoms with van der Waals surface area (Å²) >= 11 is 5.97. The highest BCUT2D eigenvalue weighted by molar-refractivity contribution is 6.34. The number of carboxylic acid groups (broad SMARTS) is 1. The second-order valence-electron chi connectivity index (χ2n) is 4.68. The molecule has 0 atom stereocenters. The zero-order valence-electron chi connectivity index (χ0n) is 11.0. The summed E-state index contributed by atoms with van der Waals surface area (Å²) in [4.78, 5) is 24.5. The fourth-order valence-corrected chi connectivity index (χ4v) is 2.13. The number of anilines is 1. The minimum atomic E-state index is -1.05. The van der Waals surface area contributed by atoms with E-state index in [1.807, 2.05) is 13.0 Å². The van der Waals surface area contributed by atoms with Gasteiger partial charge in [-0.3, -0.25) is 0 Å². The van der Waals surface area contributed by atoms with Gasteiger partial charge in [0.25, 0.3) is 0 Å². The third-order valence-electron chi connectivity index (χ3n) is 3.18. The lowest BCUT2D eigenvalue weighted by atomic mass is 10.1. The lowest BCUT2D eigenvalue weighted by molar-refractivity contribution is 0.0697. The van der Waals surface area contributed by atoms with Crippen LogP contribution in [0.4, 0.5) is 10.5 Å². The largest absolute Gasteiger partial charge is 0.478 e. The van der Waals surface area contributed by atoms with E-state index in [4.69, 9.17) is 16.7 Å². The van der Waals surface area contributed by atoms with Crippen LogP contribution in [0.2, 0.25) is 5.02 Å². The van der Waals surface area contributed by atoms with Crippen LogP contribution in [-0.4, -0.2) is 35.1 Å². The second kappa shape index (κ2) is 5.96. The van der Waals surface area contributed by atoms with Gasteiger partial charge in [-0.1, -0.05) is 23.3 Å². The van der Waals surface area contributed by atoms with Crippen molar-refractivity contribution in [2.45, 2.75) is 13.3 Å². The van der Waals surface area contributed by atoms with Gasteiger partial charge in [0.2, 0.25) is 0 Å². The van der Waals surface area contributed by atoms with E-state index in [0.717, 1.165) is 6.42 Å². The molecule has 1 aromatic rings. The van der Waals surface area contributed by atoms with Crippen molar-refractivity contribution in [2.75, 3.05) is 18.4 Å². The van der Waals surface area contributed by atoms with Crippen LogP contribution in [-0.2, 0) is 0 Å². The molecule has 0 bridgehead atoms. The van der Waals surface area contributed by atoms with E-state index in [0.29, 0.717) is 18.8 Å². The molecule has 106 valence electrons. The van der Waals surface area contributed by atoms with Gasteiger partial charge in [-0.25, -0.2) is 9.59 Å². The Morgan fingerprint density at radius 3 is 2.70 bits per heavy atom. The molecule has 2 rings (SSSR count). The van der Waals surface area contributed by atoms with Crippen molar-refractivity contribution < 1.29 is 14.7 Å². The summed E-state index contributed by atoms with van der Waals surface area (Å²) in [7, 11) is 0. The van der Waals surface area contributed by atoms with Crippen LogP contribution >= 0.6 is 11.6 Å². The van der Waals surface area contributed by atoms with Gasteiger partial charge in [0.1, 0.15) is 0 Å². The highest BCUT2D eigenvalue weighted by Crippen LogP contribution is 2.24. The molecule has 0 unspecified atom stereocenters. The van der Waals surface area contributed by atoms with Crippen molar-refractivity contribution in [2.24, 2.45) is 0 Å². The summed E-state index contributed by atoms with van der Waals surface area (Å²) in [5.74, 6) is -1.05. The van der Waals surface area contributed by atoms with Crippen molar-refractivity contribution in [1.29, 1.82) is 0 Å². The SMILES string of the molecule is CC1=CCN(C(=O)Nc2ccc(C(=O)O)cc2Cl)CC1. The van der Waals surface area contributed by atoms with Gasteiger partial charge in [-0.2, -0.15) is 0 Å². The number of halogens is 1. The van der Waals surface area contributed by atoms with Gasteiger partial charge in [0.05, 0.1) is 16.3 Å². The fraction of sp³-hybridized carbons (Fsp3) is 0.286. The number of aromatic carboxylic acids is 1. The molecule has 20 heavy (non-hydrogen) atoms. The van der Waals surface area contributed by atoms with Crippen molar-refractivity contribution in [3.8, 4) is 0 Å². The van der Waals surface area contributed by atoms with E-state index < -0.39 is 5.97 Å². The number of hydrogen-bond donors (Lipinski definition) is 2. The smallest absolute Gasteiger partial charge is 0.335 e. The van der Waals surface area contributed by atoms with Gasteiger partial charge in [0.15, 0.2) is 0 Å². The number of amides is 2. The first-order chi connectivity index (χ1) is 9.47. The number of carbonyl (C=O) groups is 2. The van der Waals surface area contributed by atoms with E-state index in [1.54, 1.807) is 4.90 Å². The molecule has 2 N–H and O–H groups in total. The van der Waals surface area contributed by atoms with E-state index in [9.17, 15) is 9.59 Å². The Morgan fingerprint density at radius 1 is 1.40 bits per heavy atom. The summed E-state index contributed by atoms with van der Waals surface area (Å²) < 4.78 is 0. The Kier molecular flexibility index (Phi) is 4.29. The third kappa shape index (κ3) is 3.30. The Hall–Kier alpha value is -2.01. The molecule has 0 saturated heterocycles. The predicted octanol–water partition coefficient (Wildman–Crippen LogP) is 3.22. The van der Waals surface area contributed by atoms with E-state index in [1.165, 1.54) is 23.8 Å². The first-order valence-corrected chi connectivity index (χ1v) is 6.59. The molecule has 1 aromatic carbocycles. The molecule has 1 aliphatic heterocycles. The molecule has 6 heteroatoms. The standard InChI is InChI=1S/C14H15ClN2O3/c1-9-4-6-17(7-5-9)14(20)16-12-3-2-10(13(18)19)8-11(12)15/h2-4,8H,5-7H2,1H3,(H,16,20)(H,18,19). The Bertz CT molecular complexity index is 584. The number of carboxylic acids is 1. The summed E-state index contributed by atoms with van der Waals surface area (Å²) in [5, 5.41) is 11.8. The maximum absolute atomic E-state index is 12.1. The number of rotatable bonds is 2. The molecular formula is C14H15ClN2O3. The molecule has 0 radical (unpaired) electrons. The van der Waals surface area contributed by atoms with Gasteiger partial charge >= 0.3 is 12.0 Å². The molecule has 5 nitrogen and oxygen atoms in total. The van der Waals surface area contributed by atoms with Gasteiger partial charge in [-0.05, 0) is 31.5 Å². The molecule has 0 fully saturated rings. The summed E-state index contributed by atoms with van der Waals surface area (Å²) in [5.41, 5.74) is 1.77. The topological polar surface area (TPSA) is 69.6 Å². The van der Waals surface area contributed by atoms with Gasteiger partial charge < -0.3 is 15.3 Å². The maximum atomic E-state index is 12.1. The van der Waals surface area contributed by atoms with Crippen LogP contribution in [0.3, 0.4) is 0 Å². The van der Waals surface area contributed by atoms with Gasteiger partial charge in [-0.15, -0.1) is 0 Å². The van der Waals surface area contributed by atoms with Crippen LogP contribution in [0.15, 0.2) is 29.8 Å². The Morgan fingerprint density at radius 2 is 2.15 bits per heavy atom. The predicted molar refractivity (Wildman–Crippen MR) is 77.4 cm³/mol. The summed E-state index contributed by atoms with van der Waals surface area (Å²) in [6.07, 6.45) is 2.87. The molecule has 2 amide bonds. The van der Waals surface area contributed by atoms with E-state index >= 15 is 0 Å². The second-order valence-corrected chi connectivity index (χ2v) is 5.08. The van der Waals surface area contributed by atoms with Crippen LogP contribution in [0.1, 0.15) is 23.7 Å². The number of nitrogens with one attached hydrogen (secondary N) is 1. The average molecular weight is 295 g/mol. The minimum Gasteiger partial charge on any atom is -0.478 e. The Labute approximate surface area is 121 Å². The lowest BCUT2D eigenvalue weighted by Gasteiger charge is -2.25. The van der Waals surface area contributed by atoms with E-state index in [2.05, 4.69) is 5.32 Å². The first kappa shape index (κ1) is 14.4. The zero-order valence-corrected chi connectivity index (χ0v) is 11.8. The van der Waals surface area contributed by atoms with Crippen molar-refractivity contribution in [1.82, 2.24) is 4.90 Å². The van der Waals surface area contributed by atoms with Crippen molar-refractivity contribution >= 4 is 29.3 Å². The minimum absolute atomic E-state index is 0.0875. The molecule has 1 aliphatic rings. The van der Waals surface area contributed by atoms with Crippen LogP contribution in [0.25, 0.3) is 0 Å². The molecule has 0 spiro atoms. The average Bonchev–Trinajstić information content (AvgIpc) is 2.41. The first-order valence-electron chi connectivity index (χ1n) is 6.22. The molecule has 0 aromatic heterocycles. The van der Waals surface area contributed by atoms with Crippen LogP contribution in [0.5, 0.6) is 0 Å². The summed E-state index contributed by atoms with van der Waals surface area (Å²) in [6, 6.07) is 3.98. The molecular weight excluding hydrogens is 280 g/mol. The third-order valence-corrected chi connectivity index (χ3v) is 3.49. The van der Waals surface area contributed by atoms with Crippen molar-refractivity contribution in [3.63, 3.8) is 0 Å². The lowest BCUT2D eigenvalue weighted by Crippen LogP contribution is -2.37. The number of nitrogens with zero attached hydrogens (tertiary/aromatic N) is 1. The van der Waals surface area contributed by atoms with Crippen LogP contribution in [0, 0.1) is 0 Å². The number of hydrogen-bond acceptors (Lipinski definition) is 2. The number of carbonyl (C=O) groups excluding carboxylic acids is 1. The van der Waals surface area contributed by atoms with Crippen molar-refractivity contribution in [3.05, 3.63) is 40.4 Å². The van der Waals surface area contributed by atoms with Crippen LogP contribution < -0.4 is 5.32 Å². The highest BCUT2D eigenvalue weighted by atomic mass is 35.5. The highest BCUT2D eigenvalue weighted by Gasteiger charge is 2.17. The molecule has 1 heterocycles. The summed E-state index contributed by atoms with van der Waals surface area (Å²) in [6.45, 7) is 3.28. The fourth-order valence-electron chi connectivity index (χ4n) is 1.90. The normalized spacial score (nSPS) is 14.7. The van der Waals surface area contributed by atoms with E-state index in [-0.39, 0.29) is 16.6 Å². The molecule has 0 saturated carbocycles. The monoisotopic (exact) mass is 294 g/mol. The zero-order chi connectivity index (χ0) is 14.7. The molecule has 0 aliphatic carbocycles. The van der Waals surface area contributed by atoms with Gasteiger partial charge in [0, 0.05) is 13.1 Å². The maximum Gasteiger partial charge on any atom is 0.335 e.